The minimum atomic E-state index is 0.162. The Hall–Kier alpha value is -1.18. The largest absolute Gasteiger partial charge is 0.508 e. The van der Waals surface area contributed by atoms with Crippen LogP contribution in [0.4, 0.5) is 5.69 Å². The van der Waals surface area contributed by atoms with Crippen molar-refractivity contribution >= 4 is 5.69 Å². The lowest BCUT2D eigenvalue weighted by molar-refractivity contribution is 0.303. The summed E-state index contributed by atoms with van der Waals surface area (Å²) in [5.74, 6) is 0.993. The number of benzene rings is 1. The van der Waals surface area contributed by atoms with Crippen LogP contribution in [0.2, 0.25) is 0 Å². The van der Waals surface area contributed by atoms with Crippen molar-refractivity contribution in [3.05, 3.63) is 23.8 Å². The lowest BCUT2D eigenvalue weighted by atomic mass is 9.78. The van der Waals surface area contributed by atoms with Gasteiger partial charge in [-0.1, -0.05) is 13.0 Å². The van der Waals surface area contributed by atoms with Gasteiger partial charge in [-0.25, -0.2) is 0 Å². The highest BCUT2D eigenvalue weighted by molar-refractivity contribution is 5.61. The van der Waals surface area contributed by atoms with Crippen molar-refractivity contribution in [2.24, 2.45) is 5.92 Å². The van der Waals surface area contributed by atoms with E-state index < -0.39 is 0 Å². The van der Waals surface area contributed by atoms with Gasteiger partial charge in [-0.3, -0.25) is 0 Å². The van der Waals surface area contributed by atoms with E-state index in [-0.39, 0.29) is 5.54 Å². The Bertz CT molecular complexity index is 398. The molecule has 0 fully saturated rings. The highest BCUT2D eigenvalue weighted by Gasteiger charge is 2.37. The summed E-state index contributed by atoms with van der Waals surface area (Å²) in [5, 5.41) is 9.61. The van der Waals surface area contributed by atoms with Gasteiger partial charge in [0, 0.05) is 23.8 Å². The Kier molecular flexibility index (Phi) is 2.61. The maximum Gasteiger partial charge on any atom is 0.117 e. The van der Waals surface area contributed by atoms with Crippen LogP contribution in [-0.4, -0.2) is 17.2 Å². The Morgan fingerprint density at radius 2 is 2.12 bits per heavy atom. The molecular weight excluding hydrogens is 198 g/mol. The topological polar surface area (TPSA) is 23.5 Å². The third kappa shape index (κ3) is 1.57. The van der Waals surface area contributed by atoms with E-state index in [1.807, 2.05) is 6.07 Å². The van der Waals surface area contributed by atoms with Crippen LogP contribution in [0.1, 0.15) is 33.3 Å². The van der Waals surface area contributed by atoms with Gasteiger partial charge in [-0.2, -0.15) is 0 Å². The zero-order valence-electron chi connectivity index (χ0n) is 10.6. The fourth-order valence-electron chi connectivity index (χ4n) is 2.71. The summed E-state index contributed by atoms with van der Waals surface area (Å²) >= 11 is 0. The summed E-state index contributed by atoms with van der Waals surface area (Å²) in [6, 6.07) is 5.74. The van der Waals surface area contributed by atoms with Crippen molar-refractivity contribution in [3.8, 4) is 5.75 Å². The van der Waals surface area contributed by atoms with Crippen LogP contribution in [0.5, 0.6) is 5.75 Å². The summed E-state index contributed by atoms with van der Waals surface area (Å²) in [4.78, 5) is 2.40. The van der Waals surface area contributed by atoms with E-state index in [0.717, 1.165) is 13.0 Å². The first-order valence-corrected chi connectivity index (χ1v) is 6.06. The van der Waals surface area contributed by atoms with Gasteiger partial charge in [-0.15, -0.1) is 0 Å². The molecule has 1 atom stereocenters. The van der Waals surface area contributed by atoms with E-state index in [4.69, 9.17) is 0 Å². The van der Waals surface area contributed by atoms with Crippen LogP contribution >= 0.6 is 0 Å². The molecule has 0 aliphatic carbocycles. The monoisotopic (exact) mass is 219 g/mol. The zero-order chi connectivity index (χ0) is 11.9. The standard InChI is InChI=1S/C14H21NO/c1-5-15-13-9-12(16)7-6-11(13)8-10(2)14(15,3)4/h6-7,9-10,16H,5,8H2,1-4H3. The number of hydrogen-bond acceptors (Lipinski definition) is 2. The van der Waals surface area contributed by atoms with Gasteiger partial charge in [0.25, 0.3) is 0 Å². The molecule has 0 aromatic heterocycles. The molecule has 1 aromatic rings. The van der Waals surface area contributed by atoms with E-state index in [1.165, 1.54) is 11.3 Å². The molecule has 88 valence electrons. The van der Waals surface area contributed by atoms with Crippen molar-refractivity contribution in [2.75, 3.05) is 11.4 Å². The number of rotatable bonds is 1. The normalized spacial score (nSPS) is 23.0. The Morgan fingerprint density at radius 1 is 1.44 bits per heavy atom. The number of phenols is 1. The van der Waals surface area contributed by atoms with Gasteiger partial charge in [0.2, 0.25) is 0 Å². The molecule has 0 saturated carbocycles. The first kappa shape index (κ1) is 11.3. The zero-order valence-corrected chi connectivity index (χ0v) is 10.6. The molecule has 0 spiro atoms. The molecule has 0 bridgehead atoms. The van der Waals surface area contributed by atoms with Gasteiger partial charge in [0.15, 0.2) is 0 Å². The Morgan fingerprint density at radius 3 is 2.75 bits per heavy atom. The molecule has 1 unspecified atom stereocenters. The summed E-state index contributed by atoms with van der Waals surface area (Å²) in [6.45, 7) is 10.0. The van der Waals surface area contributed by atoms with Crippen molar-refractivity contribution in [1.82, 2.24) is 0 Å². The number of nitrogens with zero attached hydrogens (tertiary/aromatic N) is 1. The second-order valence-corrected chi connectivity index (χ2v) is 5.32. The fraction of sp³-hybridized carbons (Fsp3) is 0.571. The van der Waals surface area contributed by atoms with E-state index in [1.54, 1.807) is 6.07 Å². The van der Waals surface area contributed by atoms with Crippen LogP contribution in [0.3, 0.4) is 0 Å². The van der Waals surface area contributed by atoms with E-state index >= 15 is 0 Å². The molecule has 16 heavy (non-hydrogen) atoms. The second-order valence-electron chi connectivity index (χ2n) is 5.32. The fourth-order valence-corrected chi connectivity index (χ4v) is 2.71. The minimum Gasteiger partial charge on any atom is -0.508 e. The number of anilines is 1. The van der Waals surface area contributed by atoms with Crippen LogP contribution < -0.4 is 4.90 Å². The molecule has 2 nitrogen and oxygen atoms in total. The number of aromatic hydroxyl groups is 1. The minimum absolute atomic E-state index is 0.162. The molecule has 0 amide bonds. The van der Waals surface area contributed by atoms with Gasteiger partial charge >= 0.3 is 0 Å². The van der Waals surface area contributed by atoms with Crippen LogP contribution in [0.15, 0.2) is 18.2 Å². The Labute approximate surface area is 97.9 Å². The molecule has 1 aliphatic heterocycles. The van der Waals surface area contributed by atoms with Crippen LogP contribution in [0.25, 0.3) is 0 Å². The lowest BCUT2D eigenvalue weighted by Crippen LogP contribution is -2.52. The summed E-state index contributed by atoms with van der Waals surface area (Å²) in [5.41, 5.74) is 2.72. The van der Waals surface area contributed by atoms with Crippen molar-refractivity contribution in [3.63, 3.8) is 0 Å². The first-order valence-electron chi connectivity index (χ1n) is 6.06. The maximum absolute atomic E-state index is 9.61. The van der Waals surface area contributed by atoms with Crippen LogP contribution in [-0.2, 0) is 6.42 Å². The molecule has 1 N–H and O–H groups in total. The summed E-state index contributed by atoms with van der Waals surface area (Å²) < 4.78 is 0. The van der Waals surface area contributed by atoms with Crippen molar-refractivity contribution in [2.45, 2.75) is 39.7 Å². The lowest BCUT2D eigenvalue weighted by Gasteiger charge is -2.49. The van der Waals surface area contributed by atoms with Gasteiger partial charge < -0.3 is 10.0 Å². The quantitative estimate of drug-likeness (QED) is 0.784. The predicted molar refractivity (Wildman–Crippen MR) is 68.1 cm³/mol. The second kappa shape index (κ2) is 3.69. The molecular formula is C14H21NO. The molecule has 1 aromatic carbocycles. The molecule has 0 radical (unpaired) electrons. The highest BCUT2D eigenvalue weighted by atomic mass is 16.3. The maximum atomic E-state index is 9.61. The molecule has 2 rings (SSSR count). The van der Waals surface area contributed by atoms with Gasteiger partial charge in [0.1, 0.15) is 5.75 Å². The molecule has 2 heteroatoms. The van der Waals surface area contributed by atoms with Crippen LogP contribution in [0, 0.1) is 5.92 Å². The van der Waals surface area contributed by atoms with Crippen molar-refractivity contribution in [1.29, 1.82) is 0 Å². The summed E-state index contributed by atoms with van der Waals surface area (Å²) in [6.07, 6.45) is 1.10. The number of phenolic OH excluding ortho intramolecular Hbond substituents is 1. The molecule has 0 saturated heterocycles. The van der Waals surface area contributed by atoms with Crippen molar-refractivity contribution < 1.29 is 5.11 Å². The number of fused-ring (bicyclic) bond motifs is 1. The molecule has 1 heterocycles. The van der Waals surface area contributed by atoms with Gasteiger partial charge in [0.05, 0.1) is 0 Å². The Balaban J connectivity index is 2.53. The average molecular weight is 219 g/mol. The molecule has 1 aliphatic rings. The van der Waals surface area contributed by atoms with E-state index in [9.17, 15) is 5.11 Å². The summed E-state index contributed by atoms with van der Waals surface area (Å²) in [7, 11) is 0. The number of hydrogen-bond donors (Lipinski definition) is 1. The van der Waals surface area contributed by atoms with Gasteiger partial charge in [-0.05, 0) is 44.7 Å². The highest BCUT2D eigenvalue weighted by Crippen LogP contribution is 2.41. The van der Waals surface area contributed by atoms with E-state index in [2.05, 4.69) is 38.7 Å². The first-order chi connectivity index (χ1) is 7.46. The predicted octanol–water partition coefficient (Wildman–Crippen LogP) is 3.19. The smallest absolute Gasteiger partial charge is 0.117 e. The average Bonchev–Trinajstić information content (AvgIpc) is 2.21. The SMILES string of the molecule is CCN1c2cc(O)ccc2CC(C)C1(C)C. The third-order valence-electron chi connectivity index (χ3n) is 4.10. The third-order valence-corrected chi connectivity index (χ3v) is 4.10. The van der Waals surface area contributed by atoms with E-state index in [0.29, 0.717) is 11.7 Å².